The Morgan fingerprint density at radius 1 is 1.40 bits per heavy atom. The first-order valence-electron chi connectivity index (χ1n) is 6.98. The number of aromatic nitrogens is 2. The summed E-state index contributed by atoms with van der Waals surface area (Å²) in [6.45, 7) is 4.23. The molecular weight excluding hydrogens is 254 g/mol. The lowest BCUT2D eigenvalue weighted by atomic mass is 9.77. The predicted molar refractivity (Wildman–Crippen MR) is 72.4 cm³/mol. The van der Waals surface area contributed by atoms with Crippen molar-refractivity contribution in [3.8, 4) is 0 Å². The minimum atomic E-state index is -0.0856. The van der Waals surface area contributed by atoms with E-state index in [0.29, 0.717) is 12.5 Å². The first-order chi connectivity index (χ1) is 9.73. The minimum Gasteiger partial charge on any atom is -0.363 e. The number of nitrogens with zero attached hydrogens (tertiary/aromatic N) is 2. The maximum atomic E-state index is 5.81. The van der Waals surface area contributed by atoms with Gasteiger partial charge in [-0.2, -0.15) is 4.98 Å². The quantitative estimate of drug-likeness (QED) is 0.916. The van der Waals surface area contributed by atoms with Crippen molar-refractivity contribution in [3.05, 3.63) is 47.1 Å². The van der Waals surface area contributed by atoms with Gasteiger partial charge in [0.15, 0.2) is 5.82 Å². The molecule has 0 saturated carbocycles. The van der Waals surface area contributed by atoms with Gasteiger partial charge in [0.2, 0.25) is 0 Å². The van der Waals surface area contributed by atoms with Gasteiger partial charge in [-0.05, 0) is 24.5 Å². The molecule has 4 rings (SSSR count). The molecule has 1 aliphatic heterocycles. The summed E-state index contributed by atoms with van der Waals surface area (Å²) in [5, 5.41) is 7.30. The second kappa shape index (κ2) is 4.40. The van der Waals surface area contributed by atoms with Crippen LogP contribution in [-0.4, -0.2) is 28.8 Å². The van der Waals surface area contributed by atoms with Crippen LogP contribution < -0.4 is 5.32 Å². The summed E-state index contributed by atoms with van der Waals surface area (Å²) >= 11 is 0. The van der Waals surface area contributed by atoms with Crippen LogP contribution in [0.5, 0.6) is 0 Å². The number of fused-ring (bicyclic) bond motifs is 1. The Hall–Kier alpha value is -1.72. The SMILES string of the molecule is CC1(OCc2nc(C3Cc4ccccc43)no2)CNC1. The Morgan fingerprint density at radius 3 is 3.00 bits per heavy atom. The molecule has 5 nitrogen and oxygen atoms in total. The zero-order chi connectivity index (χ0) is 13.6. The first kappa shape index (κ1) is 12.1. The van der Waals surface area contributed by atoms with E-state index in [0.717, 1.165) is 25.3 Å². The molecule has 1 unspecified atom stereocenters. The maximum Gasteiger partial charge on any atom is 0.252 e. The molecule has 2 heterocycles. The van der Waals surface area contributed by atoms with Crippen molar-refractivity contribution in [1.82, 2.24) is 15.5 Å². The summed E-state index contributed by atoms with van der Waals surface area (Å²) in [4.78, 5) is 4.47. The van der Waals surface area contributed by atoms with E-state index >= 15 is 0 Å². The fourth-order valence-corrected chi connectivity index (χ4v) is 2.77. The van der Waals surface area contributed by atoms with Crippen LogP contribution in [0.4, 0.5) is 0 Å². The Labute approximate surface area is 117 Å². The van der Waals surface area contributed by atoms with Gasteiger partial charge in [0.1, 0.15) is 6.61 Å². The van der Waals surface area contributed by atoms with Gasteiger partial charge in [-0.1, -0.05) is 29.4 Å². The molecule has 5 heteroatoms. The molecule has 1 aliphatic carbocycles. The lowest BCUT2D eigenvalue weighted by molar-refractivity contribution is -0.0841. The monoisotopic (exact) mass is 271 g/mol. The molecule has 2 aliphatic rings. The third-order valence-corrected chi connectivity index (χ3v) is 4.19. The van der Waals surface area contributed by atoms with Crippen LogP contribution in [-0.2, 0) is 17.8 Å². The summed E-state index contributed by atoms with van der Waals surface area (Å²) in [6.07, 6.45) is 0.998. The van der Waals surface area contributed by atoms with E-state index in [1.165, 1.54) is 11.1 Å². The smallest absolute Gasteiger partial charge is 0.252 e. The lowest BCUT2D eigenvalue weighted by Gasteiger charge is -2.38. The molecule has 0 spiro atoms. The molecular formula is C15H17N3O2. The van der Waals surface area contributed by atoms with Gasteiger partial charge < -0.3 is 14.6 Å². The average molecular weight is 271 g/mol. The largest absolute Gasteiger partial charge is 0.363 e. The fraction of sp³-hybridized carbons (Fsp3) is 0.467. The Balaban J connectivity index is 1.44. The zero-order valence-corrected chi connectivity index (χ0v) is 11.4. The van der Waals surface area contributed by atoms with Gasteiger partial charge in [-0.3, -0.25) is 0 Å². The van der Waals surface area contributed by atoms with Crippen LogP contribution in [0.3, 0.4) is 0 Å². The van der Waals surface area contributed by atoms with Crippen molar-refractivity contribution in [2.75, 3.05) is 13.1 Å². The third-order valence-electron chi connectivity index (χ3n) is 4.19. The van der Waals surface area contributed by atoms with Crippen molar-refractivity contribution in [1.29, 1.82) is 0 Å². The molecule has 0 radical (unpaired) electrons. The van der Waals surface area contributed by atoms with E-state index in [2.05, 4.69) is 46.6 Å². The highest BCUT2D eigenvalue weighted by Gasteiger charge is 2.34. The lowest BCUT2D eigenvalue weighted by Crippen LogP contribution is -2.58. The summed E-state index contributed by atoms with van der Waals surface area (Å²) in [5.41, 5.74) is 2.61. The molecule has 1 N–H and O–H groups in total. The minimum absolute atomic E-state index is 0.0856. The Bertz CT molecular complexity index is 634. The van der Waals surface area contributed by atoms with Crippen LogP contribution in [0.25, 0.3) is 0 Å². The molecule has 104 valence electrons. The molecule has 1 saturated heterocycles. The highest BCUT2D eigenvalue weighted by atomic mass is 16.5. The Morgan fingerprint density at radius 2 is 2.25 bits per heavy atom. The summed E-state index contributed by atoms with van der Waals surface area (Å²) in [5.74, 6) is 1.63. The van der Waals surface area contributed by atoms with Crippen molar-refractivity contribution in [2.45, 2.75) is 31.5 Å². The summed E-state index contributed by atoms with van der Waals surface area (Å²) in [6, 6.07) is 8.41. The normalized spacial score (nSPS) is 22.8. The van der Waals surface area contributed by atoms with Crippen LogP contribution in [0, 0.1) is 0 Å². The third kappa shape index (κ3) is 1.94. The summed E-state index contributed by atoms with van der Waals surface area (Å²) < 4.78 is 11.1. The number of rotatable bonds is 4. The molecule has 0 bridgehead atoms. The van der Waals surface area contributed by atoms with Gasteiger partial charge in [-0.25, -0.2) is 0 Å². The molecule has 1 aromatic carbocycles. The van der Waals surface area contributed by atoms with Crippen molar-refractivity contribution in [3.63, 3.8) is 0 Å². The predicted octanol–water partition coefficient (Wildman–Crippen LogP) is 1.64. The number of nitrogens with one attached hydrogen (secondary N) is 1. The number of hydrogen-bond acceptors (Lipinski definition) is 5. The topological polar surface area (TPSA) is 60.2 Å². The molecule has 0 amide bonds. The number of hydrogen-bond donors (Lipinski definition) is 1. The highest BCUT2D eigenvalue weighted by Crippen LogP contribution is 2.38. The van der Waals surface area contributed by atoms with Gasteiger partial charge in [0, 0.05) is 13.1 Å². The van der Waals surface area contributed by atoms with Crippen molar-refractivity contribution < 1.29 is 9.26 Å². The van der Waals surface area contributed by atoms with Gasteiger partial charge in [0.05, 0.1) is 11.5 Å². The van der Waals surface area contributed by atoms with E-state index in [4.69, 9.17) is 9.26 Å². The molecule has 1 atom stereocenters. The van der Waals surface area contributed by atoms with Crippen LogP contribution in [0.1, 0.15) is 35.7 Å². The van der Waals surface area contributed by atoms with Gasteiger partial charge in [-0.15, -0.1) is 0 Å². The number of ether oxygens (including phenoxy) is 1. The maximum absolute atomic E-state index is 5.81. The average Bonchev–Trinajstić information content (AvgIpc) is 2.84. The first-order valence-corrected chi connectivity index (χ1v) is 6.98. The van der Waals surface area contributed by atoms with Crippen LogP contribution >= 0.6 is 0 Å². The highest BCUT2D eigenvalue weighted by molar-refractivity contribution is 5.43. The molecule has 20 heavy (non-hydrogen) atoms. The van der Waals surface area contributed by atoms with E-state index < -0.39 is 0 Å². The Kier molecular flexibility index (Phi) is 2.65. The van der Waals surface area contributed by atoms with E-state index in [1.54, 1.807) is 0 Å². The molecule has 2 aromatic rings. The van der Waals surface area contributed by atoms with Crippen LogP contribution in [0.2, 0.25) is 0 Å². The summed E-state index contributed by atoms with van der Waals surface area (Å²) in [7, 11) is 0. The second-order valence-corrected chi connectivity index (χ2v) is 5.84. The van der Waals surface area contributed by atoms with Crippen molar-refractivity contribution >= 4 is 0 Å². The van der Waals surface area contributed by atoms with Gasteiger partial charge in [0.25, 0.3) is 5.89 Å². The van der Waals surface area contributed by atoms with Crippen LogP contribution in [0.15, 0.2) is 28.8 Å². The fourth-order valence-electron chi connectivity index (χ4n) is 2.77. The molecule has 1 fully saturated rings. The van der Waals surface area contributed by atoms with E-state index in [9.17, 15) is 0 Å². The van der Waals surface area contributed by atoms with Crippen molar-refractivity contribution in [2.24, 2.45) is 0 Å². The second-order valence-electron chi connectivity index (χ2n) is 5.84. The zero-order valence-electron chi connectivity index (χ0n) is 11.4. The standard InChI is InChI=1S/C15H17N3O2/c1-15(8-16-9-15)19-7-13-17-14(18-20-13)12-6-10-4-2-3-5-11(10)12/h2-5,12,16H,6-9H2,1H3. The molecule has 1 aromatic heterocycles. The number of benzene rings is 1. The van der Waals surface area contributed by atoms with Gasteiger partial charge >= 0.3 is 0 Å². The van der Waals surface area contributed by atoms with E-state index in [1.807, 2.05) is 0 Å². The van der Waals surface area contributed by atoms with E-state index in [-0.39, 0.29) is 11.5 Å².